The fourth-order valence-electron chi connectivity index (χ4n) is 1.95. The standard InChI is InChI=1S/C16H17N3S/c1-3-20-16-8-4-7-14(13(16)10-17)19-11-15-12(2)6-5-9-18-15/h4-9,19H,3,11H2,1-2H3. The largest absolute Gasteiger partial charge is 0.378 e. The van der Waals surface area contributed by atoms with Crippen LogP contribution in [0.3, 0.4) is 0 Å². The molecule has 0 aliphatic rings. The van der Waals surface area contributed by atoms with Crippen LogP contribution < -0.4 is 5.32 Å². The second kappa shape index (κ2) is 6.97. The van der Waals surface area contributed by atoms with Crippen molar-refractivity contribution in [1.82, 2.24) is 4.98 Å². The smallest absolute Gasteiger partial charge is 0.102 e. The van der Waals surface area contributed by atoms with Crippen molar-refractivity contribution in [1.29, 1.82) is 5.26 Å². The Bertz CT molecular complexity index is 632. The molecular weight excluding hydrogens is 266 g/mol. The zero-order valence-electron chi connectivity index (χ0n) is 11.7. The average molecular weight is 283 g/mol. The Morgan fingerprint density at radius 3 is 2.85 bits per heavy atom. The molecule has 20 heavy (non-hydrogen) atoms. The molecule has 1 aromatic heterocycles. The normalized spacial score (nSPS) is 10.1. The maximum atomic E-state index is 9.36. The van der Waals surface area contributed by atoms with Crippen LogP contribution in [0.15, 0.2) is 41.4 Å². The van der Waals surface area contributed by atoms with Gasteiger partial charge in [-0.15, -0.1) is 11.8 Å². The zero-order valence-corrected chi connectivity index (χ0v) is 12.5. The maximum absolute atomic E-state index is 9.36. The van der Waals surface area contributed by atoms with Crippen LogP contribution in [0.4, 0.5) is 5.69 Å². The molecule has 0 amide bonds. The number of aryl methyl sites for hydroxylation is 1. The van der Waals surface area contributed by atoms with Gasteiger partial charge in [-0.2, -0.15) is 5.26 Å². The molecule has 0 fully saturated rings. The molecule has 0 aliphatic heterocycles. The molecule has 1 N–H and O–H groups in total. The molecule has 0 atom stereocenters. The highest BCUT2D eigenvalue weighted by molar-refractivity contribution is 7.99. The fraction of sp³-hybridized carbons (Fsp3) is 0.250. The van der Waals surface area contributed by atoms with Crippen molar-refractivity contribution in [3.05, 3.63) is 53.3 Å². The van der Waals surface area contributed by atoms with Crippen LogP contribution >= 0.6 is 11.8 Å². The van der Waals surface area contributed by atoms with Gasteiger partial charge in [0.2, 0.25) is 0 Å². The topological polar surface area (TPSA) is 48.7 Å². The summed E-state index contributed by atoms with van der Waals surface area (Å²) in [6.45, 7) is 4.75. The SMILES string of the molecule is CCSc1cccc(NCc2ncccc2C)c1C#N. The van der Waals surface area contributed by atoms with Crippen molar-refractivity contribution in [2.75, 3.05) is 11.1 Å². The van der Waals surface area contributed by atoms with E-state index in [1.165, 1.54) is 0 Å². The Morgan fingerprint density at radius 1 is 1.30 bits per heavy atom. The van der Waals surface area contributed by atoms with E-state index in [2.05, 4.69) is 23.3 Å². The Balaban J connectivity index is 2.20. The predicted molar refractivity (Wildman–Crippen MR) is 83.9 cm³/mol. The van der Waals surface area contributed by atoms with Crippen LogP contribution in [0.2, 0.25) is 0 Å². The summed E-state index contributed by atoms with van der Waals surface area (Å²) in [4.78, 5) is 5.38. The molecule has 0 spiro atoms. The summed E-state index contributed by atoms with van der Waals surface area (Å²) in [5.74, 6) is 0.956. The molecular formula is C16H17N3S. The number of nitriles is 1. The van der Waals surface area contributed by atoms with Crippen LogP contribution in [0.25, 0.3) is 0 Å². The van der Waals surface area contributed by atoms with Crippen molar-refractivity contribution in [2.45, 2.75) is 25.3 Å². The lowest BCUT2D eigenvalue weighted by Gasteiger charge is -2.11. The third-order valence-electron chi connectivity index (χ3n) is 3.00. The molecule has 0 aliphatic carbocycles. The van der Waals surface area contributed by atoms with Crippen molar-refractivity contribution < 1.29 is 0 Å². The first-order chi connectivity index (χ1) is 9.76. The molecule has 4 heteroatoms. The molecule has 1 aromatic carbocycles. The number of nitrogens with one attached hydrogen (secondary N) is 1. The third kappa shape index (κ3) is 3.31. The molecule has 102 valence electrons. The van der Waals surface area contributed by atoms with Gasteiger partial charge in [-0.25, -0.2) is 0 Å². The van der Waals surface area contributed by atoms with E-state index in [4.69, 9.17) is 0 Å². The second-order valence-electron chi connectivity index (χ2n) is 4.34. The van der Waals surface area contributed by atoms with Crippen LogP contribution in [0, 0.1) is 18.3 Å². The zero-order chi connectivity index (χ0) is 14.4. The molecule has 0 saturated carbocycles. The van der Waals surface area contributed by atoms with E-state index in [1.807, 2.05) is 37.3 Å². The number of anilines is 1. The van der Waals surface area contributed by atoms with E-state index in [9.17, 15) is 5.26 Å². The Kier molecular flexibility index (Phi) is 5.03. The number of hydrogen-bond donors (Lipinski definition) is 1. The molecule has 0 bridgehead atoms. The maximum Gasteiger partial charge on any atom is 0.102 e. The van der Waals surface area contributed by atoms with E-state index in [-0.39, 0.29) is 0 Å². The molecule has 2 aromatic rings. The first-order valence-corrected chi connectivity index (χ1v) is 7.55. The first kappa shape index (κ1) is 14.4. The van der Waals surface area contributed by atoms with E-state index in [0.717, 1.165) is 27.6 Å². The summed E-state index contributed by atoms with van der Waals surface area (Å²) >= 11 is 1.69. The number of pyridine rings is 1. The van der Waals surface area contributed by atoms with Gasteiger partial charge in [0.1, 0.15) is 6.07 Å². The van der Waals surface area contributed by atoms with Crippen molar-refractivity contribution in [3.63, 3.8) is 0 Å². The average Bonchev–Trinajstić information content (AvgIpc) is 2.47. The van der Waals surface area contributed by atoms with Gasteiger partial charge in [-0.3, -0.25) is 4.98 Å². The van der Waals surface area contributed by atoms with Gasteiger partial charge in [-0.1, -0.05) is 19.1 Å². The molecule has 3 nitrogen and oxygen atoms in total. The fourth-order valence-corrected chi connectivity index (χ4v) is 2.74. The van der Waals surface area contributed by atoms with Gasteiger partial charge in [-0.05, 0) is 36.4 Å². The van der Waals surface area contributed by atoms with E-state index in [0.29, 0.717) is 12.1 Å². The highest BCUT2D eigenvalue weighted by atomic mass is 32.2. The number of aromatic nitrogens is 1. The highest BCUT2D eigenvalue weighted by Crippen LogP contribution is 2.28. The number of hydrogen-bond acceptors (Lipinski definition) is 4. The monoisotopic (exact) mass is 283 g/mol. The summed E-state index contributed by atoms with van der Waals surface area (Å²) in [6.07, 6.45) is 1.79. The predicted octanol–water partition coefficient (Wildman–Crippen LogP) is 3.99. The van der Waals surface area contributed by atoms with Gasteiger partial charge in [0, 0.05) is 11.1 Å². The highest BCUT2D eigenvalue weighted by Gasteiger charge is 2.08. The molecule has 0 unspecified atom stereocenters. The summed E-state index contributed by atoms with van der Waals surface area (Å²) in [6, 6.07) is 12.2. The number of nitrogens with zero attached hydrogens (tertiary/aromatic N) is 2. The van der Waals surface area contributed by atoms with E-state index >= 15 is 0 Å². The van der Waals surface area contributed by atoms with Crippen LogP contribution in [0.5, 0.6) is 0 Å². The lowest BCUT2D eigenvalue weighted by atomic mass is 10.1. The van der Waals surface area contributed by atoms with E-state index < -0.39 is 0 Å². The van der Waals surface area contributed by atoms with Gasteiger partial charge in [0.25, 0.3) is 0 Å². The van der Waals surface area contributed by atoms with Gasteiger partial charge < -0.3 is 5.32 Å². The van der Waals surface area contributed by atoms with Crippen molar-refractivity contribution in [3.8, 4) is 6.07 Å². The minimum Gasteiger partial charge on any atom is -0.378 e. The summed E-state index contributed by atoms with van der Waals surface area (Å²) < 4.78 is 0. The molecule has 1 heterocycles. The number of benzene rings is 1. The molecule has 2 rings (SSSR count). The van der Waals surface area contributed by atoms with Gasteiger partial charge in [0.05, 0.1) is 23.5 Å². The lowest BCUT2D eigenvalue weighted by molar-refractivity contribution is 1.02. The molecule has 0 saturated heterocycles. The van der Waals surface area contributed by atoms with Crippen LogP contribution in [-0.4, -0.2) is 10.7 Å². The summed E-state index contributed by atoms with van der Waals surface area (Å²) in [5.41, 5.74) is 3.74. The Morgan fingerprint density at radius 2 is 2.15 bits per heavy atom. The minimum atomic E-state index is 0.627. The third-order valence-corrected chi connectivity index (χ3v) is 3.94. The minimum absolute atomic E-state index is 0.627. The quantitative estimate of drug-likeness (QED) is 0.843. The van der Waals surface area contributed by atoms with Crippen LogP contribution in [0.1, 0.15) is 23.7 Å². The number of rotatable bonds is 5. The summed E-state index contributed by atoms with van der Waals surface area (Å²) in [5, 5.41) is 12.7. The Labute approximate surface area is 124 Å². The van der Waals surface area contributed by atoms with Crippen molar-refractivity contribution in [2.24, 2.45) is 0 Å². The lowest BCUT2D eigenvalue weighted by Crippen LogP contribution is -2.05. The van der Waals surface area contributed by atoms with Gasteiger partial charge >= 0.3 is 0 Å². The first-order valence-electron chi connectivity index (χ1n) is 6.56. The van der Waals surface area contributed by atoms with Gasteiger partial charge in [0.15, 0.2) is 0 Å². The summed E-state index contributed by atoms with van der Waals surface area (Å²) in [7, 11) is 0. The molecule has 0 radical (unpaired) electrons. The Hall–Kier alpha value is -1.99. The second-order valence-corrected chi connectivity index (χ2v) is 5.65. The van der Waals surface area contributed by atoms with Crippen molar-refractivity contribution >= 4 is 17.4 Å². The van der Waals surface area contributed by atoms with E-state index in [1.54, 1.807) is 18.0 Å². The number of thioether (sulfide) groups is 1. The van der Waals surface area contributed by atoms with Crippen LogP contribution in [-0.2, 0) is 6.54 Å².